The molecule has 2 heterocycles. The van der Waals surface area contributed by atoms with Gasteiger partial charge in [0.15, 0.2) is 5.17 Å². The zero-order valence-corrected chi connectivity index (χ0v) is 12.8. The highest BCUT2D eigenvalue weighted by Crippen LogP contribution is 2.23. The minimum Gasteiger partial charge on any atom is -0.385 e. The van der Waals surface area contributed by atoms with Crippen molar-refractivity contribution in [3.8, 4) is 0 Å². The summed E-state index contributed by atoms with van der Waals surface area (Å²) in [6, 6.07) is 4.69. The number of halogens is 1. The van der Waals surface area contributed by atoms with Gasteiger partial charge in [0.1, 0.15) is 0 Å². The number of aliphatic imine (C=N–C) groups is 1. The molecule has 2 rings (SSSR count). The molecule has 1 unspecified atom stereocenters. The van der Waals surface area contributed by atoms with Crippen molar-refractivity contribution in [1.29, 1.82) is 0 Å². The fourth-order valence-electron chi connectivity index (χ4n) is 1.53. The molecule has 1 aromatic heterocycles. The van der Waals surface area contributed by atoms with Crippen molar-refractivity contribution in [2.75, 3.05) is 19.5 Å². The molecule has 1 saturated heterocycles. The van der Waals surface area contributed by atoms with Crippen LogP contribution in [-0.4, -0.2) is 30.7 Å². The lowest BCUT2D eigenvalue weighted by Gasteiger charge is -2.07. The van der Waals surface area contributed by atoms with Crippen LogP contribution in [0.5, 0.6) is 0 Å². The Morgan fingerprint density at radius 1 is 1.59 bits per heavy atom. The SMILES string of the molecule is COCCC1CSC(=NCc2ccc(Br)s2)N1. The summed E-state index contributed by atoms with van der Waals surface area (Å²) in [5.74, 6) is 1.09. The van der Waals surface area contributed by atoms with E-state index in [0.717, 1.165) is 34.3 Å². The number of thioether (sulfide) groups is 1. The fraction of sp³-hybridized carbons (Fsp3) is 0.545. The van der Waals surface area contributed by atoms with Crippen molar-refractivity contribution < 1.29 is 4.74 Å². The predicted octanol–water partition coefficient (Wildman–Crippen LogP) is 3.11. The van der Waals surface area contributed by atoms with Crippen LogP contribution >= 0.6 is 39.0 Å². The van der Waals surface area contributed by atoms with E-state index in [1.54, 1.807) is 30.2 Å². The Morgan fingerprint density at radius 3 is 3.18 bits per heavy atom. The summed E-state index contributed by atoms with van der Waals surface area (Å²) in [7, 11) is 1.74. The highest BCUT2D eigenvalue weighted by Gasteiger charge is 2.19. The fourth-order valence-corrected chi connectivity index (χ4v) is 3.95. The number of rotatable bonds is 5. The molecule has 0 aliphatic carbocycles. The predicted molar refractivity (Wildman–Crippen MR) is 79.0 cm³/mol. The van der Waals surface area contributed by atoms with Crippen LogP contribution in [0.25, 0.3) is 0 Å². The third-order valence-corrected chi connectivity index (χ3v) is 5.12. The molecule has 1 fully saturated rings. The molecular formula is C11H15BrN2OS2. The molecule has 1 aliphatic heterocycles. The van der Waals surface area contributed by atoms with Gasteiger partial charge in [0.2, 0.25) is 0 Å². The second-order valence-electron chi connectivity index (χ2n) is 3.76. The lowest BCUT2D eigenvalue weighted by Crippen LogP contribution is -2.28. The van der Waals surface area contributed by atoms with Gasteiger partial charge >= 0.3 is 0 Å². The number of thiophene rings is 1. The van der Waals surface area contributed by atoms with Gasteiger partial charge in [-0.2, -0.15) is 0 Å². The van der Waals surface area contributed by atoms with Gasteiger partial charge in [-0.05, 0) is 34.5 Å². The van der Waals surface area contributed by atoms with Crippen molar-refractivity contribution in [1.82, 2.24) is 5.32 Å². The summed E-state index contributed by atoms with van der Waals surface area (Å²) < 4.78 is 6.24. The quantitative estimate of drug-likeness (QED) is 0.898. The van der Waals surface area contributed by atoms with E-state index in [9.17, 15) is 0 Å². The first-order valence-electron chi connectivity index (χ1n) is 5.45. The first kappa shape index (κ1) is 13.4. The number of hydrogen-bond acceptors (Lipinski definition) is 4. The normalized spacial score (nSPS) is 22.0. The van der Waals surface area contributed by atoms with E-state index in [1.165, 1.54) is 4.88 Å². The third kappa shape index (κ3) is 4.28. The Hall–Kier alpha value is -0.0400. The molecule has 1 aromatic rings. The van der Waals surface area contributed by atoms with Gasteiger partial charge in [0, 0.05) is 30.4 Å². The van der Waals surface area contributed by atoms with E-state index >= 15 is 0 Å². The molecule has 1 aliphatic rings. The average molecular weight is 335 g/mol. The molecule has 0 amide bonds. The van der Waals surface area contributed by atoms with Gasteiger partial charge in [0.25, 0.3) is 0 Å². The molecular weight excluding hydrogens is 320 g/mol. The third-order valence-electron chi connectivity index (χ3n) is 2.43. The van der Waals surface area contributed by atoms with E-state index in [0.29, 0.717) is 6.04 Å². The standard InChI is InChI=1S/C11H15BrN2OS2/c1-15-5-4-8-7-16-11(14-8)13-6-9-2-3-10(12)17-9/h2-3,8H,4-7H2,1H3,(H,13,14). The summed E-state index contributed by atoms with van der Waals surface area (Å²) in [6.45, 7) is 1.58. The Bertz CT molecular complexity index is 395. The molecule has 0 saturated carbocycles. The largest absolute Gasteiger partial charge is 0.385 e. The number of methoxy groups -OCH3 is 1. The van der Waals surface area contributed by atoms with E-state index in [4.69, 9.17) is 4.74 Å². The lowest BCUT2D eigenvalue weighted by atomic mass is 10.2. The Balaban J connectivity index is 1.79. The Kier molecular flexibility index (Phi) is 5.34. The van der Waals surface area contributed by atoms with Gasteiger partial charge in [-0.3, -0.25) is 4.99 Å². The van der Waals surface area contributed by atoms with E-state index in [2.05, 4.69) is 38.4 Å². The molecule has 0 radical (unpaired) electrons. The van der Waals surface area contributed by atoms with Gasteiger partial charge in [0.05, 0.1) is 10.3 Å². The maximum Gasteiger partial charge on any atom is 0.157 e. The number of amidine groups is 1. The van der Waals surface area contributed by atoms with E-state index in [-0.39, 0.29) is 0 Å². The summed E-state index contributed by atoms with van der Waals surface area (Å²) in [5, 5.41) is 4.49. The van der Waals surface area contributed by atoms with Gasteiger partial charge in [-0.1, -0.05) is 11.8 Å². The van der Waals surface area contributed by atoms with Gasteiger partial charge in [-0.15, -0.1) is 11.3 Å². The summed E-state index contributed by atoms with van der Waals surface area (Å²) in [6.07, 6.45) is 1.05. The molecule has 6 heteroatoms. The van der Waals surface area contributed by atoms with Crippen LogP contribution in [0.4, 0.5) is 0 Å². The molecule has 3 nitrogen and oxygen atoms in total. The van der Waals surface area contributed by atoms with Crippen LogP contribution in [0.3, 0.4) is 0 Å². The molecule has 1 N–H and O–H groups in total. The smallest absolute Gasteiger partial charge is 0.157 e. The number of hydrogen-bond donors (Lipinski definition) is 1. The number of ether oxygens (including phenoxy) is 1. The summed E-state index contributed by atoms with van der Waals surface area (Å²) >= 11 is 7.00. The van der Waals surface area contributed by atoms with E-state index in [1.807, 2.05) is 0 Å². The summed E-state index contributed by atoms with van der Waals surface area (Å²) in [5.41, 5.74) is 0. The molecule has 17 heavy (non-hydrogen) atoms. The van der Waals surface area contributed by atoms with Crippen molar-refractivity contribution in [2.24, 2.45) is 4.99 Å². The van der Waals surface area contributed by atoms with Crippen molar-refractivity contribution in [3.05, 3.63) is 20.8 Å². The van der Waals surface area contributed by atoms with Crippen molar-refractivity contribution in [2.45, 2.75) is 19.0 Å². The monoisotopic (exact) mass is 334 g/mol. The van der Waals surface area contributed by atoms with Crippen LogP contribution in [0.1, 0.15) is 11.3 Å². The van der Waals surface area contributed by atoms with Crippen LogP contribution in [0.2, 0.25) is 0 Å². The van der Waals surface area contributed by atoms with Crippen LogP contribution in [0, 0.1) is 0 Å². The minimum absolute atomic E-state index is 0.508. The first-order chi connectivity index (χ1) is 8.28. The van der Waals surface area contributed by atoms with Gasteiger partial charge < -0.3 is 10.1 Å². The maximum absolute atomic E-state index is 5.08. The summed E-state index contributed by atoms with van der Waals surface area (Å²) in [4.78, 5) is 5.87. The highest BCUT2D eigenvalue weighted by molar-refractivity contribution is 9.11. The molecule has 94 valence electrons. The molecule has 1 atom stereocenters. The zero-order chi connectivity index (χ0) is 12.1. The van der Waals surface area contributed by atoms with Crippen LogP contribution in [-0.2, 0) is 11.3 Å². The van der Waals surface area contributed by atoms with Crippen LogP contribution in [0.15, 0.2) is 20.9 Å². The minimum atomic E-state index is 0.508. The lowest BCUT2D eigenvalue weighted by molar-refractivity contribution is 0.188. The number of nitrogens with one attached hydrogen (secondary N) is 1. The number of nitrogens with zero attached hydrogens (tertiary/aromatic N) is 1. The Morgan fingerprint density at radius 2 is 2.47 bits per heavy atom. The molecule has 0 spiro atoms. The second-order valence-corrected chi connectivity index (χ2v) is 7.32. The molecule has 0 bridgehead atoms. The van der Waals surface area contributed by atoms with Crippen LogP contribution < -0.4 is 5.32 Å². The average Bonchev–Trinajstić information content (AvgIpc) is 2.93. The Labute approximate surface area is 118 Å². The zero-order valence-electron chi connectivity index (χ0n) is 9.61. The molecule has 0 aromatic carbocycles. The maximum atomic E-state index is 5.08. The van der Waals surface area contributed by atoms with Crippen molar-refractivity contribution >= 4 is 44.2 Å². The first-order valence-corrected chi connectivity index (χ1v) is 8.04. The second kappa shape index (κ2) is 6.78. The van der Waals surface area contributed by atoms with Crippen molar-refractivity contribution in [3.63, 3.8) is 0 Å². The topological polar surface area (TPSA) is 33.6 Å². The van der Waals surface area contributed by atoms with Gasteiger partial charge in [-0.25, -0.2) is 0 Å². The van der Waals surface area contributed by atoms with E-state index < -0.39 is 0 Å². The highest BCUT2D eigenvalue weighted by atomic mass is 79.9.